The molecule has 1 saturated heterocycles. The van der Waals surface area contributed by atoms with E-state index in [1.54, 1.807) is 0 Å². The number of nitrogens with one attached hydrogen (secondary N) is 1. The second-order valence-corrected chi connectivity index (χ2v) is 4.60. The fourth-order valence-electron chi connectivity index (χ4n) is 2.10. The van der Waals surface area contributed by atoms with Gasteiger partial charge in [0.25, 0.3) is 0 Å². The lowest BCUT2D eigenvalue weighted by atomic mass is 9.83. The van der Waals surface area contributed by atoms with Gasteiger partial charge in [-0.05, 0) is 12.3 Å². The zero-order chi connectivity index (χ0) is 10.7. The monoisotopic (exact) mass is 213 g/mol. The Hall–Kier alpha value is -0.610. The maximum atomic E-state index is 11.5. The summed E-state index contributed by atoms with van der Waals surface area (Å²) in [4.78, 5) is 11.5. The molecule has 0 radical (unpaired) electrons. The summed E-state index contributed by atoms with van der Waals surface area (Å²) < 4.78 is 5.17. The van der Waals surface area contributed by atoms with E-state index in [1.807, 2.05) is 0 Å². The summed E-state index contributed by atoms with van der Waals surface area (Å²) in [7, 11) is 0. The van der Waals surface area contributed by atoms with Crippen LogP contribution in [0.1, 0.15) is 32.1 Å². The van der Waals surface area contributed by atoms with Crippen LogP contribution in [0.4, 0.5) is 0 Å². The molecule has 0 aromatic heterocycles. The average Bonchev–Trinajstić information content (AvgIpc) is 2.56. The van der Waals surface area contributed by atoms with Crippen LogP contribution in [0.15, 0.2) is 0 Å². The molecule has 2 fully saturated rings. The zero-order valence-electron chi connectivity index (χ0n) is 8.95. The van der Waals surface area contributed by atoms with Crippen LogP contribution in [0.3, 0.4) is 0 Å². The van der Waals surface area contributed by atoms with Crippen molar-refractivity contribution in [2.24, 2.45) is 5.92 Å². The van der Waals surface area contributed by atoms with Gasteiger partial charge >= 0.3 is 5.97 Å². The van der Waals surface area contributed by atoms with Gasteiger partial charge in [0, 0.05) is 13.0 Å². The van der Waals surface area contributed by atoms with Gasteiger partial charge < -0.3 is 15.2 Å². The smallest absolute Gasteiger partial charge is 0.323 e. The molecule has 2 rings (SSSR count). The molecule has 0 aromatic rings. The highest BCUT2D eigenvalue weighted by atomic mass is 16.5. The van der Waals surface area contributed by atoms with Gasteiger partial charge in [-0.25, -0.2) is 0 Å². The molecule has 2 atom stereocenters. The van der Waals surface area contributed by atoms with E-state index in [0.29, 0.717) is 19.6 Å². The topological polar surface area (TPSA) is 58.6 Å². The van der Waals surface area contributed by atoms with E-state index < -0.39 is 6.10 Å². The molecule has 4 heteroatoms. The number of carbonyl (C=O) groups is 1. The third-order valence-corrected chi connectivity index (χ3v) is 3.39. The highest BCUT2D eigenvalue weighted by Gasteiger charge is 2.29. The summed E-state index contributed by atoms with van der Waals surface area (Å²) in [6, 6.07) is -0.290. The summed E-state index contributed by atoms with van der Waals surface area (Å²) in [6.45, 7) is 1.04. The number of hydrogen-bond acceptors (Lipinski definition) is 4. The normalized spacial score (nSPS) is 31.3. The lowest BCUT2D eigenvalue weighted by Crippen LogP contribution is -2.32. The zero-order valence-corrected chi connectivity index (χ0v) is 8.95. The minimum Gasteiger partial charge on any atom is -0.465 e. The van der Waals surface area contributed by atoms with Gasteiger partial charge in [0.2, 0.25) is 0 Å². The van der Waals surface area contributed by atoms with Crippen LogP contribution in [0, 0.1) is 5.92 Å². The third kappa shape index (κ3) is 2.92. The summed E-state index contributed by atoms with van der Waals surface area (Å²) >= 11 is 0. The number of hydrogen-bond donors (Lipinski definition) is 2. The van der Waals surface area contributed by atoms with Crippen LogP contribution in [-0.4, -0.2) is 36.4 Å². The molecule has 1 aliphatic heterocycles. The van der Waals surface area contributed by atoms with Crippen molar-refractivity contribution in [3.63, 3.8) is 0 Å². The Labute approximate surface area is 90.0 Å². The molecule has 1 aliphatic carbocycles. The van der Waals surface area contributed by atoms with Gasteiger partial charge in [-0.3, -0.25) is 4.79 Å². The van der Waals surface area contributed by atoms with Crippen LogP contribution in [0.2, 0.25) is 0 Å². The summed E-state index contributed by atoms with van der Waals surface area (Å²) in [5.74, 6) is 0.575. The third-order valence-electron chi connectivity index (χ3n) is 3.39. The molecular formula is C11H19NO3. The van der Waals surface area contributed by atoms with E-state index in [9.17, 15) is 9.90 Å². The highest BCUT2D eigenvalue weighted by molar-refractivity contribution is 5.76. The Morgan fingerprint density at radius 1 is 1.47 bits per heavy atom. The quantitative estimate of drug-likeness (QED) is 0.665. The lowest BCUT2D eigenvalue weighted by molar-refractivity contribution is -0.146. The van der Waals surface area contributed by atoms with Gasteiger partial charge in [-0.1, -0.05) is 19.3 Å². The van der Waals surface area contributed by atoms with Crippen LogP contribution in [0.25, 0.3) is 0 Å². The summed E-state index contributed by atoms with van der Waals surface area (Å²) in [5, 5.41) is 12.2. The van der Waals surface area contributed by atoms with Crippen molar-refractivity contribution in [2.45, 2.75) is 44.2 Å². The first-order chi connectivity index (χ1) is 7.25. The van der Waals surface area contributed by atoms with E-state index >= 15 is 0 Å². The highest BCUT2D eigenvalue weighted by Crippen LogP contribution is 2.29. The largest absolute Gasteiger partial charge is 0.465 e. The molecule has 4 nitrogen and oxygen atoms in total. The van der Waals surface area contributed by atoms with E-state index in [4.69, 9.17) is 4.74 Å². The molecule has 15 heavy (non-hydrogen) atoms. The predicted octanol–water partition coefficient (Wildman–Crippen LogP) is 0.443. The molecular weight excluding hydrogens is 194 g/mol. The Balaban J connectivity index is 1.59. The van der Waals surface area contributed by atoms with Crippen LogP contribution in [-0.2, 0) is 9.53 Å². The second-order valence-electron chi connectivity index (χ2n) is 4.60. The van der Waals surface area contributed by atoms with Crippen molar-refractivity contribution in [1.29, 1.82) is 0 Å². The van der Waals surface area contributed by atoms with E-state index in [0.717, 1.165) is 12.3 Å². The summed E-state index contributed by atoms with van der Waals surface area (Å²) in [5.41, 5.74) is 0. The molecule has 2 N–H and O–H groups in total. The standard InChI is InChI=1S/C11H19NO3/c13-9-6-10(12-7-9)11(14)15-5-4-8-2-1-3-8/h8-10,12-13H,1-7H2/t9-,10+/m1/s1. The molecule has 1 saturated carbocycles. The van der Waals surface area contributed by atoms with Gasteiger partial charge in [0.05, 0.1) is 12.7 Å². The Kier molecular flexibility index (Phi) is 3.59. The molecule has 0 spiro atoms. The first-order valence-corrected chi connectivity index (χ1v) is 5.84. The predicted molar refractivity (Wildman–Crippen MR) is 55.3 cm³/mol. The van der Waals surface area contributed by atoms with Gasteiger partial charge in [0.1, 0.15) is 6.04 Å². The van der Waals surface area contributed by atoms with Gasteiger partial charge in [-0.15, -0.1) is 0 Å². The minimum absolute atomic E-state index is 0.203. The van der Waals surface area contributed by atoms with E-state index in [2.05, 4.69) is 5.32 Å². The first-order valence-electron chi connectivity index (χ1n) is 5.84. The Morgan fingerprint density at radius 2 is 2.27 bits per heavy atom. The van der Waals surface area contributed by atoms with Crippen molar-refractivity contribution in [2.75, 3.05) is 13.2 Å². The fourth-order valence-corrected chi connectivity index (χ4v) is 2.10. The number of aliphatic hydroxyl groups is 1. The number of carbonyl (C=O) groups excluding carboxylic acids is 1. The first kappa shape index (κ1) is 10.9. The maximum absolute atomic E-state index is 11.5. The number of aliphatic hydroxyl groups excluding tert-OH is 1. The maximum Gasteiger partial charge on any atom is 0.323 e. The Morgan fingerprint density at radius 3 is 2.80 bits per heavy atom. The van der Waals surface area contributed by atoms with Crippen LogP contribution >= 0.6 is 0 Å². The van der Waals surface area contributed by atoms with Crippen molar-refractivity contribution < 1.29 is 14.6 Å². The molecule has 0 aromatic carbocycles. The minimum atomic E-state index is -0.394. The number of rotatable bonds is 4. The van der Waals surface area contributed by atoms with Crippen molar-refractivity contribution in [3.05, 3.63) is 0 Å². The van der Waals surface area contributed by atoms with Crippen LogP contribution < -0.4 is 5.32 Å². The van der Waals surface area contributed by atoms with E-state index in [-0.39, 0.29) is 12.0 Å². The molecule has 0 amide bonds. The average molecular weight is 213 g/mol. The SMILES string of the molecule is O=C(OCCC1CCC1)[C@@H]1C[C@@H](O)CN1. The molecule has 0 bridgehead atoms. The Bertz CT molecular complexity index is 228. The lowest BCUT2D eigenvalue weighted by Gasteiger charge is -2.25. The molecule has 2 aliphatic rings. The number of β-amino-alcohol motifs (C(OH)–C–C–N with tert-alkyl or cyclic N) is 1. The molecule has 86 valence electrons. The van der Waals surface area contributed by atoms with Gasteiger partial charge in [0.15, 0.2) is 0 Å². The van der Waals surface area contributed by atoms with E-state index in [1.165, 1.54) is 19.3 Å². The van der Waals surface area contributed by atoms with Crippen molar-refractivity contribution in [1.82, 2.24) is 5.32 Å². The number of ether oxygens (including phenoxy) is 1. The molecule has 1 heterocycles. The second kappa shape index (κ2) is 4.94. The van der Waals surface area contributed by atoms with Crippen molar-refractivity contribution in [3.8, 4) is 0 Å². The number of esters is 1. The van der Waals surface area contributed by atoms with Crippen molar-refractivity contribution >= 4 is 5.97 Å². The fraction of sp³-hybridized carbons (Fsp3) is 0.909. The molecule has 0 unspecified atom stereocenters. The van der Waals surface area contributed by atoms with Gasteiger partial charge in [-0.2, -0.15) is 0 Å². The van der Waals surface area contributed by atoms with Crippen LogP contribution in [0.5, 0.6) is 0 Å². The summed E-state index contributed by atoms with van der Waals surface area (Å²) in [6.07, 6.45) is 5.00.